The van der Waals surface area contributed by atoms with Crippen molar-refractivity contribution in [1.82, 2.24) is 4.90 Å². The number of hydrogen-bond acceptors (Lipinski definition) is 5. The highest BCUT2D eigenvalue weighted by Gasteiger charge is 2.35. The molecule has 2 aromatic rings. The van der Waals surface area contributed by atoms with Crippen LogP contribution in [0.2, 0.25) is 0 Å². The van der Waals surface area contributed by atoms with Gasteiger partial charge in [-0.3, -0.25) is 14.9 Å². The number of carboxylic acid groups (broad SMARTS) is 1. The highest BCUT2D eigenvalue weighted by Crippen LogP contribution is 2.31. The minimum Gasteiger partial charge on any atom is -0.480 e. The summed E-state index contributed by atoms with van der Waals surface area (Å²) in [5.74, 6) is -1.32. The maximum atomic E-state index is 12.5. The van der Waals surface area contributed by atoms with E-state index in [9.17, 15) is 19.7 Å². The highest BCUT2D eigenvalue weighted by atomic mass is 32.1. The fraction of sp³-hybridized carbons (Fsp3) is 0.286. The fourth-order valence-corrected chi connectivity index (χ4v) is 3.66. The summed E-state index contributed by atoms with van der Waals surface area (Å²) in [6, 6.07) is 5.22. The van der Waals surface area contributed by atoms with Crippen LogP contribution in [0, 0.1) is 10.1 Å². The standard InChI is InChI=1S/C14H12N2O5S/c17-13(15-5-1-2-10(15)14(18)19)12-7-8-6-9(16(20)21)3-4-11(8)22-12/h3-4,6-7,10H,1-2,5H2,(H,18,19)/t10-/m1/s1. The molecule has 1 amide bonds. The summed E-state index contributed by atoms with van der Waals surface area (Å²) < 4.78 is 0.764. The lowest BCUT2D eigenvalue weighted by molar-refractivity contribution is -0.384. The SMILES string of the molecule is O=C(O)[C@H]1CCCN1C(=O)c1cc2cc([N+](=O)[O-])ccc2s1. The number of nitro groups is 1. The van der Waals surface area contributed by atoms with Gasteiger partial charge in [0.2, 0.25) is 0 Å². The smallest absolute Gasteiger partial charge is 0.326 e. The Morgan fingerprint density at radius 2 is 2.14 bits per heavy atom. The van der Waals surface area contributed by atoms with Crippen LogP contribution in [-0.2, 0) is 4.79 Å². The van der Waals surface area contributed by atoms with Crippen molar-refractivity contribution in [2.24, 2.45) is 0 Å². The van der Waals surface area contributed by atoms with Gasteiger partial charge in [-0.05, 0) is 25.0 Å². The van der Waals surface area contributed by atoms with Crippen molar-refractivity contribution in [3.8, 4) is 0 Å². The number of nitro benzene ring substituents is 1. The number of thiophene rings is 1. The van der Waals surface area contributed by atoms with Crippen molar-refractivity contribution in [3.63, 3.8) is 0 Å². The van der Waals surface area contributed by atoms with E-state index in [1.54, 1.807) is 12.1 Å². The van der Waals surface area contributed by atoms with Crippen LogP contribution in [0.5, 0.6) is 0 Å². The van der Waals surface area contributed by atoms with Gasteiger partial charge in [0.15, 0.2) is 0 Å². The Labute approximate surface area is 128 Å². The van der Waals surface area contributed by atoms with E-state index in [0.29, 0.717) is 29.6 Å². The Balaban J connectivity index is 1.94. The molecular weight excluding hydrogens is 308 g/mol. The summed E-state index contributed by atoms with van der Waals surface area (Å²) >= 11 is 1.22. The van der Waals surface area contributed by atoms with Crippen molar-refractivity contribution in [2.75, 3.05) is 6.54 Å². The van der Waals surface area contributed by atoms with Gasteiger partial charge in [0.05, 0.1) is 9.80 Å². The van der Waals surface area contributed by atoms with Crippen LogP contribution in [-0.4, -0.2) is 39.4 Å². The summed E-state index contributed by atoms with van der Waals surface area (Å²) in [6.07, 6.45) is 1.12. The molecule has 0 bridgehead atoms. The summed E-state index contributed by atoms with van der Waals surface area (Å²) in [7, 11) is 0. The van der Waals surface area contributed by atoms with E-state index in [1.807, 2.05) is 0 Å². The zero-order valence-corrected chi connectivity index (χ0v) is 12.2. The van der Waals surface area contributed by atoms with E-state index in [4.69, 9.17) is 5.11 Å². The molecule has 1 fully saturated rings. The van der Waals surface area contributed by atoms with Crippen molar-refractivity contribution >= 4 is 39.0 Å². The van der Waals surface area contributed by atoms with E-state index in [-0.39, 0.29) is 11.6 Å². The third-order valence-electron chi connectivity index (χ3n) is 3.72. The molecule has 1 aromatic heterocycles. The monoisotopic (exact) mass is 320 g/mol. The Bertz CT molecular complexity index is 785. The van der Waals surface area contributed by atoms with Gasteiger partial charge < -0.3 is 10.0 Å². The summed E-state index contributed by atoms with van der Waals surface area (Å²) in [5, 5.41) is 20.6. The number of hydrogen-bond donors (Lipinski definition) is 1. The molecule has 1 aromatic carbocycles. The summed E-state index contributed by atoms with van der Waals surface area (Å²) in [4.78, 5) is 35.7. The molecule has 1 saturated heterocycles. The second-order valence-corrected chi connectivity index (χ2v) is 6.17. The minimum absolute atomic E-state index is 0.0334. The molecule has 3 rings (SSSR count). The van der Waals surface area contributed by atoms with Crippen LogP contribution in [0.4, 0.5) is 5.69 Å². The Morgan fingerprint density at radius 3 is 2.82 bits per heavy atom. The van der Waals surface area contributed by atoms with E-state index < -0.39 is 16.9 Å². The van der Waals surface area contributed by atoms with Crippen molar-refractivity contribution in [3.05, 3.63) is 39.3 Å². The summed E-state index contributed by atoms with van der Waals surface area (Å²) in [5.41, 5.74) is -0.0334. The molecule has 0 radical (unpaired) electrons. The van der Waals surface area contributed by atoms with E-state index in [0.717, 1.165) is 4.70 Å². The molecule has 1 N–H and O–H groups in total. The maximum absolute atomic E-state index is 12.5. The molecule has 7 nitrogen and oxygen atoms in total. The van der Waals surface area contributed by atoms with Crippen LogP contribution in [0.15, 0.2) is 24.3 Å². The van der Waals surface area contributed by atoms with Crippen LogP contribution >= 0.6 is 11.3 Å². The highest BCUT2D eigenvalue weighted by molar-refractivity contribution is 7.20. The zero-order chi connectivity index (χ0) is 15.9. The molecule has 1 atom stereocenters. The molecule has 0 aliphatic carbocycles. The number of carbonyl (C=O) groups is 2. The number of rotatable bonds is 3. The van der Waals surface area contributed by atoms with Gasteiger partial charge in [-0.2, -0.15) is 0 Å². The van der Waals surface area contributed by atoms with Gasteiger partial charge in [0, 0.05) is 28.8 Å². The van der Waals surface area contributed by atoms with Gasteiger partial charge in [-0.25, -0.2) is 4.79 Å². The molecule has 0 unspecified atom stereocenters. The number of non-ortho nitro benzene ring substituents is 1. The van der Waals surface area contributed by atoms with E-state index >= 15 is 0 Å². The third-order valence-corrected chi connectivity index (χ3v) is 4.82. The topological polar surface area (TPSA) is 101 Å². The Kier molecular flexibility index (Phi) is 3.53. The third kappa shape index (κ3) is 2.41. The van der Waals surface area contributed by atoms with Crippen molar-refractivity contribution < 1.29 is 19.6 Å². The van der Waals surface area contributed by atoms with Gasteiger partial charge in [0.1, 0.15) is 6.04 Å². The normalized spacial score (nSPS) is 17.8. The van der Waals surface area contributed by atoms with Crippen molar-refractivity contribution in [1.29, 1.82) is 0 Å². The number of carboxylic acids is 1. The predicted octanol–water partition coefficient (Wildman–Crippen LogP) is 2.50. The largest absolute Gasteiger partial charge is 0.480 e. The lowest BCUT2D eigenvalue weighted by Gasteiger charge is -2.20. The summed E-state index contributed by atoms with van der Waals surface area (Å²) in [6.45, 7) is 0.421. The number of fused-ring (bicyclic) bond motifs is 1. The molecular formula is C14H12N2O5S. The van der Waals surface area contributed by atoms with Gasteiger partial charge >= 0.3 is 5.97 Å². The van der Waals surface area contributed by atoms with Crippen LogP contribution in [0.1, 0.15) is 22.5 Å². The molecule has 1 aliphatic rings. The molecule has 22 heavy (non-hydrogen) atoms. The lowest BCUT2D eigenvalue weighted by Crippen LogP contribution is -2.40. The van der Waals surface area contributed by atoms with Crippen LogP contribution in [0.3, 0.4) is 0 Å². The first-order chi connectivity index (χ1) is 10.5. The van der Waals surface area contributed by atoms with Crippen molar-refractivity contribution in [2.45, 2.75) is 18.9 Å². The molecule has 114 valence electrons. The number of nitrogens with zero attached hydrogens (tertiary/aromatic N) is 2. The van der Waals surface area contributed by atoms with E-state index in [2.05, 4.69) is 0 Å². The van der Waals surface area contributed by atoms with Gasteiger partial charge in [-0.1, -0.05) is 0 Å². The lowest BCUT2D eigenvalue weighted by atomic mass is 10.2. The average Bonchev–Trinajstić information content (AvgIpc) is 3.12. The second kappa shape index (κ2) is 5.38. The number of amides is 1. The number of aliphatic carboxylic acids is 1. The number of carbonyl (C=O) groups excluding carboxylic acids is 1. The first-order valence-corrected chi connectivity index (χ1v) is 7.51. The van der Waals surface area contributed by atoms with Gasteiger partial charge in [0.25, 0.3) is 11.6 Å². The fourth-order valence-electron chi connectivity index (χ4n) is 2.66. The average molecular weight is 320 g/mol. The van der Waals surface area contributed by atoms with Crippen LogP contribution in [0.25, 0.3) is 10.1 Å². The zero-order valence-electron chi connectivity index (χ0n) is 11.4. The van der Waals surface area contributed by atoms with Gasteiger partial charge in [-0.15, -0.1) is 11.3 Å². The molecule has 0 saturated carbocycles. The second-order valence-electron chi connectivity index (χ2n) is 5.08. The number of benzene rings is 1. The van der Waals surface area contributed by atoms with Crippen LogP contribution < -0.4 is 0 Å². The quantitative estimate of drug-likeness (QED) is 0.691. The minimum atomic E-state index is -0.998. The first-order valence-electron chi connectivity index (χ1n) is 6.69. The number of likely N-dealkylation sites (tertiary alicyclic amines) is 1. The van der Waals surface area contributed by atoms with E-state index in [1.165, 1.54) is 28.4 Å². The molecule has 0 spiro atoms. The Morgan fingerprint density at radius 1 is 1.36 bits per heavy atom. The molecule has 8 heteroatoms. The predicted molar refractivity (Wildman–Crippen MR) is 80.2 cm³/mol. The molecule has 2 heterocycles. The maximum Gasteiger partial charge on any atom is 0.326 e. The molecule has 1 aliphatic heterocycles. The first kappa shape index (κ1) is 14.5. The Hall–Kier alpha value is -2.48.